The maximum absolute atomic E-state index is 12.1. The number of carboxylic acids is 1. The molecule has 0 aliphatic carbocycles. The predicted octanol–water partition coefficient (Wildman–Crippen LogP) is 5.00. The zero-order chi connectivity index (χ0) is 20.9. The number of alkyl carbamates (subject to hydrolysis) is 1. The minimum Gasteiger partial charge on any atom is -0.481 e. The Bertz CT molecular complexity index is 809. The summed E-state index contributed by atoms with van der Waals surface area (Å²) in [6.07, 6.45) is -0.307. The molecule has 28 heavy (non-hydrogen) atoms. The fourth-order valence-corrected chi connectivity index (χ4v) is 3.16. The second-order valence-electron chi connectivity index (χ2n) is 8.33. The largest absolute Gasteiger partial charge is 0.481 e. The molecule has 150 valence electrons. The average Bonchev–Trinajstić information content (AvgIpc) is 2.60. The molecule has 2 unspecified atom stereocenters. The lowest BCUT2D eigenvalue weighted by Gasteiger charge is -2.30. The molecule has 5 nitrogen and oxygen atoms in total. The molecule has 2 rings (SSSR count). The Morgan fingerprint density at radius 3 is 2.00 bits per heavy atom. The highest BCUT2D eigenvalue weighted by Gasteiger charge is 2.37. The fourth-order valence-electron chi connectivity index (χ4n) is 3.16. The van der Waals surface area contributed by atoms with Gasteiger partial charge in [-0.25, -0.2) is 4.79 Å². The number of carbonyl (C=O) groups excluding carboxylic acids is 1. The SMILES string of the molecule is CC(CC(C)(C(=O)O)c1ccc(-c2ccccc2)cc1)NC(=O)OC(C)(C)C. The molecular formula is C23H29NO4. The lowest BCUT2D eigenvalue weighted by atomic mass is 9.77. The second kappa shape index (κ2) is 8.46. The molecule has 2 N–H and O–H groups in total. The van der Waals surface area contributed by atoms with Gasteiger partial charge in [-0.3, -0.25) is 4.79 Å². The number of amides is 1. The van der Waals surface area contributed by atoms with Gasteiger partial charge in [0.25, 0.3) is 0 Å². The van der Waals surface area contributed by atoms with Gasteiger partial charge in [0.1, 0.15) is 5.60 Å². The number of rotatable bonds is 6. The van der Waals surface area contributed by atoms with Crippen molar-refractivity contribution in [3.8, 4) is 11.1 Å². The Morgan fingerprint density at radius 1 is 0.964 bits per heavy atom. The van der Waals surface area contributed by atoms with Gasteiger partial charge in [-0.05, 0) is 57.7 Å². The summed E-state index contributed by atoms with van der Waals surface area (Å²) in [7, 11) is 0. The van der Waals surface area contributed by atoms with Crippen LogP contribution in [0.15, 0.2) is 54.6 Å². The van der Waals surface area contributed by atoms with Crippen molar-refractivity contribution in [2.75, 3.05) is 0 Å². The van der Waals surface area contributed by atoms with Crippen LogP contribution in [-0.2, 0) is 14.9 Å². The van der Waals surface area contributed by atoms with E-state index in [1.807, 2.05) is 54.6 Å². The molecule has 0 heterocycles. The summed E-state index contributed by atoms with van der Waals surface area (Å²) in [6.45, 7) is 8.82. The number of hydrogen-bond acceptors (Lipinski definition) is 3. The molecule has 0 aromatic heterocycles. The van der Waals surface area contributed by atoms with Crippen LogP contribution in [0.5, 0.6) is 0 Å². The molecule has 0 fully saturated rings. The van der Waals surface area contributed by atoms with E-state index in [0.717, 1.165) is 11.1 Å². The first-order valence-electron chi connectivity index (χ1n) is 9.40. The lowest BCUT2D eigenvalue weighted by Crippen LogP contribution is -2.43. The molecule has 0 aliphatic heterocycles. The monoisotopic (exact) mass is 383 g/mol. The molecule has 0 saturated carbocycles. The third-order valence-corrected chi connectivity index (χ3v) is 4.58. The van der Waals surface area contributed by atoms with Gasteiger partial charge in [-0.2, -0.15) is 0 Å². The summed E-state index contributed by atoms with van der Waals surface area (Å²) in [5.41, 5.74) is 1.05. The van der Waals surface area contributed by atoms with E-state index in [2.05, 4.69) is 5.32 Å². The van der Waals surface area contributed by atoms with E-state index in [4.69, 9.17) is 4.74 Å². The van der Waals surface area contributed by atoms with E-state index >= 15 is 0 Å². The lowest BCUT2D eigenvalue weighted by molar-refractivity contribution is -0.143. The zero-order valence-corrected chi connectivity index (χ0v) is 17.2. The topological polar surface area (TPSA) is 75.6 Å². The van der Waals surface area contributed by atoms with Gasteiger partial charge >= 0.3 is 12.1 Å². The third kappa shape index (κ3) is 5.59. The minimum atomic E-state index is -1.14. The van der Waals surface area contributed by atoms with Crippen molar-refractivity contribution in [3.63, 3.8) is 0 Å². The van der Waals surface area contributed by atoms with Crippen LogP contribution in [-0.4, -0.2) is 28.8 Å². The minimum absolute atomic E-state index is 0.242. The normalized spacial score (nSPS) is 14.6. The Balaban J connectivity index is 2.16. The molecule has 5 heteroatoms. The number of aliphatic carboxylic acids is 1. The number of carboxylic acid groups (broad SMARTS) is 1. The first kappa shape index (κ1) is 21.5. The number of ether oxygens (including phenoxy) is 1. The van der Waals surface area contributed by atoms with Crippen LogP contribution in [0.3, 0.4) is 0 Å². The molecular weight excluding hydrogens is 354 g/mol. The summed E-state index contributed by atoms with van der Waals surface area (Å²) >= 11 is 0. The first-order chi connectivity index (χ1) is 13.0. The smallest absolute Gasteiger partial charge is 0.407 e. The van der Waals surface area contributed by atoms with Crippen molar-refractivity contribution >= 4 is 12.1 Å². The summed E-state index contributed by atoms with van der Waals surface area (Å²) in [5.74, 6) is -0.933. The highest BCUT2D eigenvalue weighted by Crippen LogP contribution is 2.31. The van der Waals surface area contributed by atoms with Crippen molar-refractivity contribution < 1.29 is 19.4 Å². The van der Waals surface area contributed by atoms with Gasteiger partial charge in [0.05, 0.1) is 5.41 Å². The Labute approximate surface area is 166 Å². The Kier molecular flexibility index (Phi) is 6.49. The summed E-state index contributed by atoms with van der Waals surface area (Å²) in [5, 5.41) is 12.6. The molecule has 0 spiro atoms. The number of hydrogen-bond donors (Lipinski definition) is 2. The van der Waals surface area contributed by atoms with Crippen LogP contribution in [0.2, 0.25) is 0 Å². The number of carbonyl (C=O) groups is 2. The predicted molar refractivity (Wildman–Crippen MR) is 110 cm³/mol. The van der Waals surface area contributed by atoms with Crippen LogP contribution in [0.4, 0.5) is 4.79 Å². The number of nitrogens with one attached hydrogen (secondary N) is 1. The maximum Gasteiger partial charge on any atom is 0.407 e. The summed E-state index contributed by atoms with van der Waals surface area (Å²) in [6, 6.07) is 17.1. The number of benzene rings is 2. The molecule has 2 aromatic rings. The van der Waals surface area contributed by atoms with Gasteiger partial charge < -0.3 is 15.2 Å². The van der Waals surface area contributed by atoms with E-state index in [1.54, 1.807) is 34.6 Å². The summed E-state index contributed by atoms with van der Waals surface area (Å²) < 4.78 is 5.26. The molecule has 1 amide bonds. The van der Waals surface area contributed by atoms with Crippen molar-refractivity contribution in [2.45, 2.75) is 58.1 Å². The van der Waals surface area contributed by atoms with Crippen LogP contribution in [0.1, 0.15) is 46.6 Å². The molecule has 2 atom stereocenters. The van der Waals surface area contributed by atoms with Crippen LogP contribution in [0.25, 0.3) is 11.1 Å². The highest BCUT2D eigenvalue weighted by molar-refractivity contribution is 5.81. The van der Waals surface area contributed by atoms with Crippen molar-refractivity contribution in [1.29, 1.82) is 0 Å². The van der Waals surface area contributed by atoms with Crippen molar-refractivity contribution in [3.05, 3.63) is 60.2 Å². The zero-order valence-electron chi connectivity index (χ0n) is 17.2. The molecule has 0 bridgehead atoms. The van der Waals surface area contributed by atoms with E-state index < -0.39 is 23.1 Å². The molecule has 0 radical (unpaired) electrons. The average molecular weight is 383 g/mol. The highest BCUT2D eigenvalue weighted by atomic mass is 16.6. The quantitative estimate of drug-likeness (QED) is 0.736. The molecule has 2 aromatic carbocycles. The standard InChI is InChI=1S/C23H29NO4/c1-16(24-21(27)28-22(2,3)4)15-23(5,20(25)26)19-13-11-18(12-14-19)17-9-7-6-8-10-17/h6-14,16H,15H2,1-5H3,(H,24,27)(H,25,26). The van der Waals surface area contributed by atoms with E-state index in [-0.39, 0.29) is 12.5 Å². The maximum atomic E-state index is 12.1. The van der Waals surface area contributed by atoms with E-state index in [9.17, 15) is 14.7 Å². The fraction of sp³-hybridized carbons (Fsp3) is 0.391. The van der Waals surface area contributed by atoms with Gasteiger partial charge in [0.15, 0.2) is 0 Å². The first-order valence-corrected chi connectivity index (χ1v) is 9.40. The van der Waals surface area contributed by atoms with Crippen LogP contribution in [0, 0.1) is 0 Å². The second-order valence-corrected chi connectivity index (χ2v) is 8.33. The Morgan fingerprint density at radius 2 is 1.50 bits per heavy atom. The summed E-state index contributed by atoms with van der Waals surface area (Å²) in [4.78, 5) is 24.1. The Hall–Kier alpha value is -2.82. The van der Waals surface area contributed by atoms with E-state index in [1.165, 1.54) is 0 Å². The van der Waals surface area contributed by atoms with Gasteiger partial charge in [0.2, 0.25) is 0 Å². The van der Waals surface area contributed by atoms with Gasteiger partial charge in [-0.1, -0.05) is 54.6 Å². The van der Waals surface area contributed by atoms with Gasteiger partial charge in [0, 0.05) is 6.04 Å². The van der Waals surface area contributed by atoms with Crippen molar-refractivity contribution in [2.24, 2.45) is 0 Å². The van der Waals surface area contributed by atoms with E-state index in [0.29, 0.717) is 5.56 Å². The van der Waals surface area contributed by atoms with Crippen molar-refractivity contribution in [1.82, 2.24) is 5.32 Å². The van der Waals surface area contributed by atoms with Gasteiger partial charge in [-0.15, -0.1) is 0 Å². The van der Waals surface area contributed by atoms with Crippen LogP contribution < -0.4 is 5.32 Å². The molecule has 0 saturated heterocycles. The van der Waals surface area contributed by atoms with Crippen LogP contribution >= 0.6 is 0 Å². The third-order valence-electron chi connectivity index (χ3n) is 4.58. The molecule has 0 aliphatic rings.